The maximum absolute atomic E-state index is 14.6. The maximum Gasteiger partial charge on any atom is 0.296 e. The molecule has 3 saturated heterocycles. The van der Waals surface area contributed by atoms with Gasteiger partial charge in [-0.05, 0) is 50.3 Å². The molecule has 2 amide bonds. The number of nitrogens with zero attached hydrogens (tertiary/aromatic N) is 3. The Hall–Kier alpha value is -3.54. The highest BCUT2D eigenvalue weighted by molar-refractivity contribution is 7.89. The fourth-order valence-electron chi connectivity index (χ4n) is 6.85. The fraction of sp³-hybridized carbons (Fsp3) is 0.469. The van der Waals surface area contributed by atoms with Crippen molar-refractivity contribution >= 4 is 39.1 Å². The molecule has 43 heavy (non-hydrogen) atoms. The summed E-state index contributed by atoms with van der Waals surface area (Å²) in [6.45, 7) is 3.73. The zero-order valence-electron chi connectivity index (χ0n) is 24.3. The van der Waals surface area contributed by atoms with Crippen molar-refractivity contribution in [2.24, 2.45) is 0 Å². The van der Waals surface area contributed by atoms with Gasteiger partial charge in [-0.2, -0.15) is 4.31 Å². The number of aliphatic hydroxyl groups excluding tert-OH is 1. The number of ketones is 1. The Labute approximate surface area is 252 Å². The van der Waals surface area contributed by atoms with E-state index < -0.39 is 38.9 Å². The Kier molecular flexibility index (Phi) is 7.91. The van der Waals surface area contributed by atoms with Gasteiger partial charge in [0.25, 0.3) is 17.6 Å². The molecule has 1 N–H and O–H groups in total. The highest BCUT2D eigenvalue weighted by Crippen LogP contribution is 2.54. The van der Waals surface area contributed by atoms with Gasteiger partial charge >= 0.3 is 0 Å². The van der Waals surface area contributed by atoms with Crippen LogP contribution in [0.15, 0.2) is 59.0 Å². The van der Waals surface area contributed by atoms with Gasteiger partial charge in [-0.15, -0.1) is 0 Å². The van der Waals surface area contributed by atoms with E-state index in [-0.39, 0.29) is 28.7 Å². The first-order chi connectivity index (χ1) is 20.7. The summed E-state index contributed by atoms with van der Waals surface area (Å²) in [4.78, 5) is 45.2. The van der Waals surface area contributed by atoms with E-state index in [1.165, 1.54) is 33.5 Å². The molecule has 3 fully saturated rings. The number of sulfonamides is 1. The second-order valence-corrected chi connectivity index (χ2v) is 13.6. The third kappa shape index (κ3) is 4.69. The van der Waals surface area contributed by atoms with Gasteiger partial charge < -0.3 is 19.6 Å². The smallest absolute Gasteiger partial charge is 0.296 e. The predicted molar refractivity (Wildman–Crippen MR) is 160 cm³/mol. The SMILES string of the molecule is CCCCN1C(=O)C2(/C(=C(/O)c3cccc(S(=O)(=O)N4CCCCC4)c3)C(=O)C(=O)N2CC2CCCO2)c2ccccc21. The van der Waals surface area contributed by atoms with Gasteiger partial charge in [0, 0.05) is 43.9 Å². The molecule has 2 aromatic carbocycles. The Morgan fingerprint density at radius 3 is 2.51 bits per heavy atom. The molecule has 11 heteroatoms. The van der Waals surface area contributed by atoms with Crippen molar-refractivity contribution in [1.82, 2.24) is 9.21 Å². The van der Waals surface area contributed by atoms with Crippen LogP contribution in [-0.4, -0.2) is 79.2 Å². The average Bonchev–Trinajstić information content (AvgIpc) is 3.69. The number of unbranched alkanes of at least 4 members (excludes halogenated alkanes) is 1. The lowest BCUT2D eigenvalue weighted by Gasteiger charge is -2.35. The number of rotatable bonds is 8. The molecule has 0 aliphatic carbocycles. The summed E-state index contributed by atoms with van der Waals surface area (Å²) in [5.74, 6) is -2.95. The van der Waals surface area contributed by atoms with Crippen LogP contribution in [0.5, 0.6) is 0 Å². The number of fused-ring (bicyclic) bond motifs is 2. The molecule has 0 bridgehead atoms. The summed E-state index contributed by atoms with van der Waals surface area (Å²) in [7, 11) is -3.85. The minimum Gasteiger partial charge on any atom is -0.507 e. The molecule has 228 valence electrons. The first-order valence-electron chi connectivity index (χ1n) is 15.2. The van der Waals surface area contributed by atoms with Crippen molar-refractivity contribution in [3.8, 4) is 0 Å². The molecule has 0 aromatic heterocycles. The van der Waals surface area contributed by atoms with Crippen molar-refractivity contribution < 1.29 is 32.6 Å². The summed E-state index contributed by atoms with van der Waals surface area (Å²) < 4.78 is 34.2. The van der Waals surface area contributed by atoms with Crippen LogP contribution in [0.25, 0.3) is 5.76 Å². The third-order valence-corrected chi connectivity index (χ3v) is 10.9. The van der Waals surface area contributed by atoms with Gasteiger partial charge in [-0.3, -0.25) is 14.4 Å². The average molecular weight is 608 g/mol. The van der Waals surface area contributed by atoms with Crippen molar-refractivity contribution in [3.05, 3.63) is 65.2 Å². The number of piperidine rings is 1. The van der Waals surface area contributed by atoms with Gasteiger partial charge in [0.2, 0.25) is 10.0 Å². The van der Waals surface area contributed by atoms with Crippen LogP contribution in [0.4, 0.5) is 5.69 Å². The number of anilines is 1. The molecule has 2 aromatic rings. The van der Waals surface area contributed by atoms with E-state index in [4.69, 9.17) is 4.74 Å². The number of carbonyl (C=O) groups excluding carboxylic acids is 3. The molecule has 10 nitrogen and oxygen atoms in total. The number of aliphatic hydroxyl groups is 1. The largest absolute Gasteiger partial charge is 0.507 e. The van der Waals surface area contributed by atoms with E-state index in [0.29, 0.717) is 50.3 Å². The van der Waals surface area contributed by atoms with Crippen molar-refractivity contribution in [2.45, 2.75) is 68.4 Å². The normalized spacial score (nSPS) is 25.7. The highest BCUT2D eigenvalue weighted by atomic mass is 32.2. The molecule has 4 aliphatic rings. The monoisotopic (exact) mass is 607 g/mol. The van der Waals surface area contributed by atoms with Crippen molar-refractivity contribution in [3.63, 3.8) is 0 Å². The van der Waals surface area contributed by atoms with Gasteiger partial charge in [0.15, 0.2) is 5.54 Å². The number of ether oxygens (including phenoxy) is 1. The summed E-state index contributed by atoms with van der Waals surface area (Å²) in [5, 5.41) is 11.9. The standard InChI is InChI=1S/C32H37N3O7S/c1-2-3-18-34-26-15-6-5-14-25(26)32(31(34)39)27(29(37)30(38)35(32)21-23-12-10-19-42-23)28(36)22-11-9-13-24(20-22)43(40,41)33-16-7-4-8-17-33/h5-6,9,11,13-15,20,23,36H,2-4,7-8,10,12,16-19,21H2,1H3/b28-27+. The minimum atomic E-state index is -3.85. The topological polar surface area (TPSA) is 125 Å². The lowest BCUT2D eigenvalue weighted by Crippen LogP contribution is -2.54. The highest BCUT2D eigenvalue weighted by Gasteiger charge is 2.67. The quantitative estimate of drug-likeness (QED) is 0.275. The Morgan fingerprint density at radius 1 is 1.02 bits per heavy atom. The number of Topliss-reactive ketones (excluding diaryl/α,β-unsaturated/α-hetero) is 1. The Bertz CT molecular complexity index is 1590. The van der Waals surface area contributed by atoms with Crippen LogP contribution in [0.1, 0.15) is 63.0 Å². The molecule has 0 radical (unpaired) electrons. The van der Waals surface area contributed by atoms with Crippen LogP contribution >= 0.6 is 0 Å². The van der Waals surface area contributed by atoms with E-state index in [2.05, 4.69) is 0 Å². The predicted octanol–water partition coefficient (Wildman–Crippen LogP) is 3.76. The Balaban J connectivity index is 1.54. The third-order valence-electron chi connectivity index (χ3n) is 9.01. The minimum absolute atomic E-state index is 0.00637. The van der Waals surface area contributed by atoms with E-state index in [1.807, 2.05) is 6.92 Å². The number of likely N-dealkylation sites (tertiary alicyclic amines) is 1. The lowest BCUT2D eigenvalue weighted by molar-refractivity contribution is -0.145. The number of amides is 2. The summed E-state index contributed by atoms with van der Waals surface area (Å²) in [6, 6.07) is 12.8. The first-order valence-corrected chi connectivity index (χ1v) is 16.6. The van der Waals surface area contributed by atoms with Crippen LogP contribution in [0.2, 0.25) is 0 Å². The molecule has 4 aliphatic heterocycles. The van der Waals surface area contributed by atoms with Crippen molar-refractivity contribution in [2.75, 3.05) is 37.7 Å². The van der Waals surface area contributed by atoms with Gasteiger partial charge in [0.1, 0.15) is 5.76 Å². The van der Waals surface area contributed by atoms with Crippen molar-refractivity contribution in [1.29, 1.82) is 0 Å². The van der Waals surface area contributed by atoms with E-state index in [9.17, 15) is 27.9 Å². The second kappa shape index (κ2) is 11.5. The maximum atomic E-state index is 14.6. The molecule has 6 rings (SSSR count). The Morgan fingerprint density at radius 2 is 1.79 bits per heavy atom. The zero-order valence-corrected chi connectivity index (χ0v) is 25.1. The zero-order chi connectivity index (χ0) is 30.4. The number of hydrogen-bond donors (Lipinski definition) is 1. The van der Waals surface area contributed by atoms with Gasteiger partial charge in [0.05, 0.1) is 22.3 Å². The molecular formula is C32H37N3O7S. The van der Waals surface area contributed by atoms with Crippen LogP contribution in [0, 0.1) is 0 Å². The molecular weight excluding hydrogens is 570 g/mol. The number of benzene rings is 2. The van der Waals surface area contributed by atoms with Crippen LogP contribution < -0.4 is 4.90 Å². The summed E-state index contributed by atoms with van der Waals surface area (Å²) in [5.41, 5.74) is -1.19. The number of hydrogen-bond acceptors (Lipinski definition) is 7. The van der Waals surface area contributed by atoms with E-state index >= 15 is 0 Å². The number of para-hydroxylation sites is 1. The molecule has 2 atom stereocenters. The van der Waals surface area contributed by atoms with Crippen LogP contribution in [0.3, 0.4) is 0 Å². The first kappa shape index (κ1) is 29.5. The number of carbonyl (C=O) groups is 3. The summed E-state index contributed by atoms with van der Waals surface area (Å²) >= 11 is 0. The van der Waals surface area contributed by atoms with Crippen LogP contribution in [-0.2, 0) is 34.7 Å². The van der Waals surface area contributed by atoms with Gasteiger partial charge in [-0.1, -0.05) is 50.1 Å². The second-order valence-electron chi connectivity index (χ2n) is 11.6. The summed E-state index contributed by atoms with van der Waals surface area (Å²) in [6.07, 6.45) is 5.13. The van der Waals surface area contributed by atoms with E-state index in [1.54, 1.807) is 29.2 Å². The van der Waals surface area contributed by atoms with E-state index in [0.717, 1.165) is 32.1 Å². The lowest BCUT2D eigenvalue weighted by atomic mass is 9.81. The molecule has 4 heterocycles. The molecule has 0 saturated carbocycles. The van der Waals surface area contributed by atoms with Gasteiger partial charge in [-0.25, -0.2) is 8.42 Å². The fourth-order valence-corrected chi connectivity index (χ4v) is 8.41. The molecule has 2 unspecified atom stereocenters. The molecule has 1 spiro atoms.